The Hall–Kier alpha value is -3.13. The van der Waals surface area contributed by atoms with Crippen LogP contribution in [0.2, 0.25) is 0 Å². The van der Waals surface area contributed by atoms with E-state index >= 15 is 0 Å². The summed E-state index contributed by atoms with van der Waals surface area (Å²) < 4.78 is 24.9. The molecular formula is C20H20FN5O2. The number of epoxide rings is 1. The van der Waals surface area contributed by atoms with Gasteiger partial charge >= 0.3 is 0 Å². The number of anilines is 1. The standard InChI is InChI=1S/C20H20FN5O2/c1-27-19-17(15-10-22-23-11-15)5-6-18(24-19)26-8-7-25(20(26)13-28-20)12-14-3-2-4-16(21)9-14/h2-10,15,23H,11-13H2,1H3. The summed E-state index contributed by atoms with van der Waals surface area (Å²) in [7, 11) is 1.62. The van der Waals surface area contributed by atoms with Gasteiger partial charge in [-0.15, -0.1) is 0 Å². The lowest BCUT2D eigenvalue weighted by Gasteiger charge is -2.29. The van der Waals surface area contributed by atoms with Crippen molar-refractivity contribution >= 4 is 12.0 Å². The van der Waals surface area contributed by atoms with E-state index in [0.717, 1.165) is 23.5 Å². The number of methoxy groups -OCH3 is 1. The molecule has 2 aromatic rings. The summed E-state index contributed by atoms with van der Waals surface area (Å²) in [6, 6.07) is 10.6. The Labute approximate surface area is 162 Å². The predicted octanol–water partition coefficient (Wildman–Crippen LogP) is 2.38. The molecule has 1 aromatic heterocycles. The van der Waals surface area contributed by atoms with Crippen LogP contribution in [-0.2, 0) is 11.3 Å². The fourth-order valence-electron chi connectivity index (χ4n) is 3.71. The monoisotopic (exact) mass is 381 g/mol. The van der Waals surface area contributed by atoms with E-state index in [-0.39, 0.29) is 11.7 Å². The van der Waals surface area contributed by atoms with E-state index in [1.807, 2.05) is 41.7 Å². The SMILES string of the molecule is COc1nc(N2C=CN(Cc3cccc(F)c3)C23CO3)ccc1C1C=NNC1. The number of halogens is 1. The molecule has 0 aliphatic carbocycles. The Morgan fingerprint density at radius 2 is 2.21 bits per heavy atom. The van der Waals surface area contributed by atoms with Gasteiger partial charge in [0.05, 0.1) is 7.11 Å². The maximum Gasteiger partial charge on any atom is 0.251 e. The van der Waals surface area contributed by atoms with Crippen LogP contribution < -0.4 is 15.1 Å². The first-order valence-electron chi connectivity index (χ1n) is 9.13. The van der Waals surface area contributed by atoms with Crippen molar-refractivity contribution in [1.29, 1.82) is 0 Å². The lowest BCUT2D eigenvalue weighted by molar-refractivity contribution is 0.139. The Balaban J connectivity index is 1.40. The fraction of sp³-hybridized carbons (Fsp3) is 0.300. The van der Waals surface area contributed by atoms with Gasteiger partial charge in [-0.3, -0.25) is 4.90 Å². The van der Waals surface area contributed by atoms with Crippen molar-refractivity contribution in [3.8, 4) is 5.88 Å². The number of rotatable bonds is 5. The number of ether oxygens (including phenoxy) is 2. The highest BCUT2D eigenvalue weighted by Gasteiger charge is 2.57. The van der Waals surface area contributed by atoms with Crippen LogP contribution in [0.1, 0.15) is 17.0 Å². The minimum atomic E-state index is -0.609. The predicted molar refractivity (Wildman–Crippen MR) is 102 cm³/mol. The minimum absolute atomic E-state index is 0.140. The maximum absolute atomic E-state index is 13.5. The minimum Gasteiger partial charge on any atom is -0.481 e. The number of benzene rings is 1. The molecule has 4 heterocycles. The van der Waals surface area contributed by atoms with Crippen LogP contribution in [-0.4, -0.2) is 42.2 Å². The second-order valence-electron chi connectivity index (χ2n) is 6.97. The van der Waals surface area contributed by atoms with Crippen molar-refractivity contribution in [2.24, 2.45) is 5.10 Å². The molecule has 1 fully saturated rings. The Morgan fingerprint density at radius 3 is 2.93 bits per heavy atom. The van der Waals surface area contributed by atoms with Crippen LogP contribution in [0.15, 0.2) is 53.9 Å². The van der Waals surface area contributed by atoms with Gasteiger partial charge in [0.15, 0.2) is 0 Å². The zero-order chi connectivity index (χ0) is 19.1. The molecule has 144 valence electrons. The van der Waals surface area contributed by atoms with Crippen molar-refractivity contribution < 1.29 is 13.9 Å². The molecule has 8 heteroatoms. The largest absolute Gasteiger partial charge is 0.481 e. The average molecular weight is 381 g/mol. The van der Waals surface area contributed by atoms with Crippen LogP contribution in [0.3, 0.4) is 0 Å². The topological polar surface area (TPSA) is 65.5 Å². The van der Waals surface area contributed by atoms with Crippen molar-refractivity contribution in [3.05, 3.63) is 65.7 Å². The van der Waals surface area contributed by atoms with Gasteiger partial charge in [-0.05, 0) is 29.8 Å². The van der Waals surface area contributed by atoms with E-state index in [1.54, 1.807) is 19.2 Å². The molecule has 3 aliphatic heterocycles. The van der Waals surface area contributed by atoms with Gasteiger partial charge in [0.25, 0.3) is 5.85 Å². The van der Waals surface area contributed by atoms with E-state index in [1.165, 1.54) is 6.07 Å². The summed E-state index contributed by atoms with van der Waals surface area (Å²) in [4.78, 5) is 8.74. The fourth-order valence-corrected chi connectivity index (χ4v) is 3.71. The Morgan fingerprint density at radius 1 is 1.32 bits per heavy atom. The molecule has 0 radical (unpaired) electrons. The van der Waals surface area contributed by atoms with E-state index < -0.39 is 5.85 Å². The molecule has 1 N–H and O–H groups in total. The third kappa shape index (κ3) is 2.77. The second-order valence-corrected chi connectivity index (χ2v) is 6.97. The third-order valence-corrected chi connectivity index (χ3v) is 5.24. The highest BCUT2D eigenvalue weighted by molar-refractivity contribution is 5.71. The molecule has 7 nitrogen and oxygen atoms in total. The molecule has 2 unspecified atom stereocenters. The quantitative estimate of drug-likeness (QED) is 0.803. The lowest BCUT2D eigenvalue weighted by Crippen LogP contribution is -2.42. The summed E-state index contributed by atoms with van der Waals surface area (Å²) in [6.45, 7) is 1.82. The number of aromatic nitrogens is 1. The molecule has 1 saturated heterocycles. The lowest BCUT2D eigenvalue weighted by atomic mass is 10.0. The van der Waals surface area contributed by atoms with Gasteiger partial charge in [0.2, 0.25) is 5.88 Å². The molecule has 0 saturated carbocycles. The van der Waals surface area contributed by atoms with E-state index in [4.69, 9.17) is 14.5 Å². The number of nitrogens with zero attached hydrogens (tertiary/aromatic N) is 4. The highest BCUT2D eigenvalue weighted by atomic mass is 19.1. The van der Waals surface area contributed by atoms with E-state index in [9.17, 15) is 4.39 Å². The van der Waals surface area contributed by atoms with Crippen LogP contribution >= 0.6 is 0 Å². The zero-order valence-corrected chi connectivity index (χ0v) is 15.4. The molecule has 5 rings (SSSR count). The van der Waals surface area contributed by atoms with Crippen LogP contribution in [0, 0.1) is 5.82 Å². The van der Waals surface area contributed by atoms with Crippen molar-refractivity contribution in [2.75, 3.05) is 25.2 Å². The van der Waals surface area contributed by atoms with Crippen molar-refractivity contribution in [3.63, 3.8) is 0 Å². The van der Waals surface area contributed by atoms with Crippen LogP contribution in [0.4, 0.5) is 10.2 Å². The first-order chi connectivity index (χ1) is 13.7. The molecular weight excluding hydrogens is 361 g/mol. The number of nitrogens with one attached hydrogen (secondary N) is 1. The van der Waals surface area contributed by atoms with E-state index in [2.05, 4.69) is 15.4 Å². The summed E-state index contributed by atoms with van der Waals surface area (Å²) >= 11 is 0. The van der Waals surface area contributed by atoms with Gasteiger partial charge in [-0.1, -0.05) is 12.1 Å². The van der Waals surface area contributed by atoms with Crippen molar-refractivity contribution in [2.45, 2.75) is 18.3 Å². The van der Waals surface area contributed by atoms with Crippen LogP contribution in [0.5, 0.6) is 5.88 Å². The molecule has 3 aliphatic rings. The van der Waals surface area contributed by atoms with Gasteiger partial charge in [-0.25, -0.2) is 4.39 Å². The maximum atomic E-state index is 13.5. The average Bonchev–Trinajstić information content (AvgIpc) is 3.16. The normalized spacial score (nSPS) is 24.9. The summed E-state index contributed by atoms with van der Waals surface area (Å²) in [5.41, 5.74) is 4.83. The van der Waals surface area contributed by atoms with Gasteiger partial charge in [0, 0.05) is 43.2 Å². The molecule has 0 amide bonds. The molecule has 0 bridgehead atoms. The molecule has 28 heavy (non-hydrogen) atoms. The molecule has 1 aromatic carbocycles. The van der Waals surface area contributed by atoms with Gasteiger partial charge in [-0.2, -0.15) is 10.1 Å². The zero-order valence-electron chi connectivity index (χ0n) is 15.4. The Kier molecular flexibility index (Phi) is 3.94. The summed E-state index contributed by atoms with van der Waals surface area (Å²) in [6.07, 6.45) is 5.75. The van der Waals surface area contributed by atoms with E-state index in [0.29, 0.717) is 19.0 Å². The Bertz CT molecular complexity index is 959. The highest BCUT2D eigenvalue weighted by Crippen LogP contribution is 2.44. The molecule has 1 spiro atoms. The van der Waals surface area contributed by atoms with Gasteiger partial charge < -0.3 is 19.8 Å². The van der Waals surface area contributed by atoms with Gasteiger partial charge in [0.1, 0.15) is 18.2 Å². The number of hydrazone groups is 1. The van der Waals surface area contributed by atoms with Crippen LogP contribution in [0.25, 0.3) is 0 Å². The second kappa shape index (κ2) is 6.49. The summed E-state index contributed by atoms with van der Waals surface area (Å²) in [5, 5.41) is 4.07. The smallest absolute Gasteiger partial charge is 0.251 e. The summed E-state index contributed by atoms with van der Waals surface area (Å²) in [5.74, 6) is 0.600. The number of pyridine rings is 1. The number of hydrogen-bond donors (Lipinski definition) is 1. The van der Waals surface area contributed by atoms with Crippen molar-refractivity contribution in [1.82, 2.24) is 15.3 Å². The third-order valence-electron chi connectivity index (χ3n) is 5.24. The molecule has 2 atom stereocenters. The first-order valence-corrected chi connectivity index (χ1v) is 9.13. The number of hydrogen-bond acceptors (Lipinski definition) is 7. The first kappa shape index (κ1) is 17.0.